The van der Waals surface area contributed by atoms with Gasteiger partial charge in [-0.25, -0.2) is 0 Å². The van der Waals surface area contributed by atoms with Gasteiger partial charge in [0.2, 0.25) is 0 Å². The van der Waals surface area contributed by atoms with Crippen LogP contribution in [0.25, 0.3) is 0 Å². The van der Waals surface area contributed by atoms with Crippen LogP contribution in [0.1, 0.15) is 13.8 Å². The summed E-state index contributed by atoms with van der Waals surface area (Å²) in [5.74, 6) is 0. The molecule has 0 aliphatic heterocycles. The van der Waals surface area contributed by atoms with Crippen molar-refractivity contribution in [2.45, 2.75) is 26.1 Å². The SMILES string of the molecule is CC(C)NCCN(C)CC(F)(F)F. The maximum Gasteiger partial charge on any atom is 0.401 e. The molecule has 0 aliphatic rings. The van der Waals surface area contributed by atoms with E-state index in [1.54, 1.807) is 0 Å². The fraction of sp³-hybridized carbons (Fsp3) is 1.00. The van der Waals surface area contributed by atoms with Gasteiger partial charge in [-0.2, -0.15) is 13.2 Å². The average Bonchev–Trinajstić information content (AvgIpc) is 1.81. The zero-order valence-corrected chi connectivity index (χ0v) is 8.28. The number of rotatable bonds is 5. The van der Waals surface area contributed by atoms with Crippen molar-refractivity contribution in [1.29, 1.82) is 0 Å². The minimum atomic E-state index is -4.09. The number of likely N-dealkylation sites (N-methyl/N-ethyl adjacent to an activating group) is 1. The predicted molar refractivity (Wildman–Crippen MR) is 46.7 cm³/mol. The maximum atomic E-state index is 11.8. The van der Waals surface area contributed by atoms with Crippen molar-refractivity contribution in [3.05, 3.63) is 0 Å². The molecule has 1 N–H and O–H groups in total. The number of alkyl halides is 3. The van der Waals surface area contributed by atoms with Crippen LogP contribution in [-0.2, 0) is 0 Å². The van der Waals surface area contributed by atoms with Gasteiger partial charge >= 0.3 is 6.18 Å². The molecular formula is C8H17F3N2. The van der Waals surface area contributed by atoms with Crippen LogP contribution in [0.15, 0.2) is 0 Å². The Morgan fingerprint density at radius 2 is 1.85 bits per heavy atom. The summed E-state index contributed by atoms with van der Waals surface area (Å²) in [4.78, 5) is 1.26. The van der Waals surface area contributed by atoms with Crippen LogP contribution in [0, 0.1) is 0 Å². The molecule has 80 valence electrons. The van der Waals surface area contributed by atoms with Crippen molar-refractivity contribution < 1.29 is 13.2 Å². The van der Waals surface area contributed by atoms with Gasteiger partial charge in [-0.05, 0) is 7.05 Å². The average molecular weight is 198 g/mol. The first kappa shape index (κ1) is 12.7. The highest BCUT2D eigenvalue weighted by atomic mass is 19.4. The Morgan fingerprint density at radius 1 is 1.31 bits per heavy atom. The minimum Gasteiger partial charge on any atom is -0.313 e. The first-order valence-electron chi connectivity index (χ1n) is 4.30. The molecule has 0 aromatic carbocycles. The van der Waals surface area contributed by atoms with E-state index in [0.29, 0.717) is 19.1 Å². The summed E-state index contributed by atoms with van der Waals surface area (Å²) in [6.07, 6.45) is -4.09. The van der Waals surface area contributed by atoms with Gasteiger partial charge in [-0.1, -0.05) is 13.8 Å². The van der Waals surface area contributed by atoms with Crippen LogP contribution in [0.5, 0.6) is 0 Å². The highest BCUT2D eigenvalue weighted by Gasteiger charge is 2.28. The molecule has 0 aromatic heterocycles. The highest BCUT2D eigenvalue weighted by Crippen LogP contribution is 2.14. The van der Waals surface area contributed by atoms with Gasteiger partial charge in [0, 0.05) is 19.1 Å². The third-order valence-corrected chi connectivity index (χ3v) is 1.50. The zero-order chi connectivity index (χ0) is 10.5. The van der Waals surface area contributed by atoms with Crippen LogP contribution in [0.2, 0.25) is 0 Å². The normalized spacial score (nSPS) is 12.9. The Hall–Kier alpha value is -0.290. The summed E-state index contributed by atoms with van der Waals surface area (Å²) < 4.78 is 35.5. The Kier molecular flexibility index (Phi) is 5.32. The molecule has 5 heteroatoms. The Morgan fingerprint density at radius 3 is 2.23 bits per heavy atom. The van der Waals surface area contributed by atoms with Crippen LogP contribution in [0.3, 0.4) is 0 Å². The lowest BCUT2D eigenvalue weighted by Crippen LogP contribution is -2.37. The Balaban J connectivity index is 3.46. The third-order valence-electron chi connectivity index (χ3n) is 1.50. The van der Waals surface area contributed by atoms with Crippen molar-refractivity contribution in [2.75, 3.05) is 26.7 Å². The van der Waals surface area contributed by atoms with E-state index in [0.717, 1.165) is 0 Å². The topological polar surface area (TPSA) is 15.3 Å². The second kappa shape index (κ2) is 5.44. The van der Waals surface area contributed by atoms with Crippen LogP contribution < -0.4 is 5.32 Å². The fourth-order valence-corrected chi connectivity index (χ4v) is 0.929. The van der Waals surface area contributed by atoms with Crippen LogP contribution in [-0.4, -0.2) is 43.8 Å². The van der Waals surface area contributed by atoms with Crippen molar-refractivity contribution >= 4 is 0 Å². The van der Waals surface area contributed by atoms with Gasteiger partial charge in [-0.3, -0.25) is 4.90 Å². The lowest BCUT2D eigenvalue weighted by molar-refractivity contribution is -0.142. The van der Waals surface area contributed by atoms with Crippen LogP contribution >= 0.6 is 0 Å². The molecule has 0 saturated carbocycles. The van der Waals surface area contributed by atoms with Gasteiger partial charge in [-0.15, -0.1) is 0 Å². The predicted octanol–water partition coefficient (Wildman–Crippen LogP) is 1.48. The lowest BCUT2D eigenvalue weighted by atomic mass is 10.4. The summed E-state index contributed by atoms with van der Waals surface area (Å²) in [6.45, 7) is 4.09. The molecule has 0 aromatic rings. The molecule has 2 nitrogen and oxygen atoms in total. The second-order valence-electron chi connectivity index (χ2n) is 3.46. The maximum absolute atomic E-state index is 11.8. The smallest absolute Gasteiger partial charge is 0.313 e. The minimum absolute atomic E-state index is 0.319. The molecule has 0 heterocycles. The molecule has 0 rings (SSSR count). The molecular weight excluding hydrogens is 181 g/mol. The third kappa shape index (κ3) is 9.63. The van der Waals surface area contributed by atoms with E-state index in [9.17, 15) is 13.2 Å². The highest BCUT2D eigenvalue weighted by molar-refractivity contribution is 4.61. The van der Waals surface area contributed by atoms with E-state index >= 15 is 0 Å². The number of hydrogen-bond acceptors (Lipinski definition) is 2. The number of halogens is 3. The van der Waals surface area contributed by atoms with E-state index in [1.165, 1.54) is 11.9 Å². The monoisotopic (exact) mass is 198 g/mol. The molecule has 0 saturated heterocycles. The molecule has 0 fully saturated rings. The fourth-order valence-electron chi connectivity index (χ4n) is 0.929. The molecule has 0 spiro atoms. The summed E-state index contributed by atoms with van der Waals surface area (Å²) in [6, 6.07) is 0.319. The molecule has 13 heavy (non-hydrogen) atoms. The van der Waals surface area contributed by atoms with Gasteiger partial charge in [0.05, 0.1) is 6.54 Å². The molecule has 0 bridgehead atoms. The van der Waals surface area contributed by atoms with E-state index in [4.69, 9.17) is 0 Å². The Labute approximate surface area is 77.1 Å². The van der Waals surface area contributed by atoms with E-state index < -0.39 is 12.7 Å². The first-order chi connectivity index (χ1) is 5.81. The zero-order valence-electron chi connectivity index (χ0n) is 8.28. The van der Waals surface area contributed by atoms with E-state index in [2.05, 4.69) is 5.32 Å². The molecule has 0 unspecified atom stereocenters. The molecule has 0 amide bonds. The van der Waals surface area contributed by atoms with Crippen molar-refractivity contribution in [1.82, 2.24) is 10.2 Å². The lowest BCUT2D eigenvalue weighted by Gasteiger charge is -2.19. The van der Waals surface area contributed by atoms with Crippen molar-refractivity contribution in [3.63, 3.8) is 0 Å². The summed E-state index contributed by atoms with van der Waals surface area (Å²) in [7, 11) is 1.47. The molecule has 0 aliphatic carbocycles. The summed E-state index contributed by atoms with van der Waals surface area (Å²) in [5.41, 5.74) is 0. The van der Waals surface area contributed by atoms with Crippen molar-refractivity contribution in [3.8, 4) is 0 Å². The first-order valence-corrected chi connectivity index (χ1v) is 4.30. The van der Waals surface area contributed by atoms with Gasteiger partial charge < -0.3 is 5.32 Å². The van der Waals surface area contributed by atoms with Gasteiger partial charge in [0.15, 0.2) is 0 Å². The van der Waals surface area contributed by atoms with Gasteiger partial charge in [0.1, 0.15) is 0 Å². The molecule has 0 atom stereocenters. The van der Waals surface area contributed by atoms with Crippen molar-refractivity contribution in [2.24, 2.45) is 0 Å². The number of nitrogens with one attached hydrogen (secondary N) is 1. The standard InChI is InChI=1S/C8H17F3N2/c1-7(2)12-4-5-13(3)6-8(9,10)11/h7,12H,4-6H2,1-3H3. The van der Waals surface area contributed by atoms with E-state index in [-0.39, 0.29) is 0 Å². The second-order valence-corrected chi connectivity index (χ2v) is 3.46. The summed E-state index contributed by atoms with van der Waals surface area (Å²) in [5, 5.41) is 3.05. The summed E-state index contributed by atoms with van der Waals surface area (Å²) >= 11 is 0. The molecule has 0 radical (unpaired) electrons. The van der Waals surface area contributed by atoms with Gasteiger partial charge in [0.25, 0.3) is 0 Å². The number of nitrogens with zero attached hydrogens (tertiary/aromatic N) is 1. The van der Waals surface area contributed by atoms with Crippen LogP contribution in [0.4, 0.5) is 13.2 Å². The quantitative estimate of drug-likeness (QED) is 0.719. The number of hydrogen-bond donors (Lipinski definition) is 1. The Bertz CT molecular complexity index is 134. The largest absolute Gasteiger partial charge is 0.401 e. The van der Waals surface area contributed by atoms with E-state index in [1.807, 2.05) is 13.8 Å².